The Kier molecular flexibility index (Phi) is 3.87. The highest BCUT2D eigenvalue weighted by Gasteiger charge is 2.35. The predicted octanol–water partition coefficient (Wildman–Crippen LogP) is 2.22. The molecule has 1 N–H and O–H groups in total. The molecule has 0 unspecified atom stereocenters. The highest BCUT2D eigenvalue weighted by molar-refractivity contribution is 6.21. The van der Waals surface area contributed by atoms with Gasteiger partial charge in [-0.15, -0.1) is 0 Å². The van der Waals surface area contributed by atoms with Gasteiger partial charge in [-0.3, -0.25) is 19.3 Å². The van der Waals surface area contributed by atoms with Crippen LogP contribution in [0.25, 0.3) is 0 Å². The molecule has 2 aromatic carbocycles. The van der Waals surface area contributed by atoms with Crippen LogP contribution < -0.4 is 14.8 Å². The molecule has 0 bridgehead atoms. The number of nitrogens with one attached hydrogen (secondary N) is 1. The van der Waals surface area contributed by atoms with E-state index < -0.39 is 5.72 Å². The first kappa shape index (κ1) is 17.1. The van der Waals surface area contributed by atoms with Crippen LogP contribution in [-0.2, 0) is 0 Å². The monoisotopic (exact) mass is 366 g/mol. The Bertz CT molecular complexity index is 932. The molecule has 0 saturated carbocycles. The molecule has 4 rings (SSSR count). The fourth-order valence-electron chi connectivity index (χ4n) is 3.20. The minimum absolute atomic E-state index is 0.123. The first-order valence-electron chi connectivity index (χ1n) is 8.59. The summed E-state index contributed by atoms with van der Waals surface area (Å²) in [5.74, 6) is 0.0617. The average molecular weight is 366 g/mol. The molecule has 0 saturated heterocycles. The number of rotatable bonds is 4. The first-order chi connectivity index (χ1) is 12.9. The molecule has 2 aliphatic heterocycles. The Morgan fingerprint density at radius 2 is 1.67 bits per heavy atom. The highest BCUT2D eigenvalue weighted by Crippen LogP contribution is 2.30. The Morgan fingerprint density at radius 3 is 2.33 bits per heavy atom. The SMILES string of the molecule is CC1(C)NC(=O)c2cc(OCCN3C(=O)c4ccccc4C3=O)ccc2O1. The lowest BCUT2D eigenvalue weighted by atomic mass is 10.1. The third-order valence-corrected chi connectivity index (χ3v) is 4.44. The quantitative estimate of drug-likeness (QED) is 0.839. The summed E-state index contributed by atoms with van der Waals surface area (Å²) in [7, 11) is 0. The van der Waals surface area contributed by atoms with E-state index in [2.05, 4.69) is 5.32 Å². The van der Waals surface area contributed by atoms with Crippen LogP contribution in [0, 0.1) is 0 Å². The van der Waals surface area contributed by atoms with Crippen molar-refractivity contribution in [2.24, 2.45) is 0 Å². The average Bonchev–Trinajstić information content (AvgIpc) is 2.86. The molecular formula is C20H18N2O5. The van der Waals surface area contributed by atoms with E-state index in [0.717, 1.165) is 0 Å². The number of ether oxygens (including phenoxy) is 2. The van der Waals surface area contributed by atoms with E-state index in [0.29, 0.717) is 28.2 Å². The van der Waals surface area contributed by atoms with Gasteiger partial charge in [0.05, 0.1) is 23.2 Å². The number of hydrogen-bond donors (Lipinski definition) is 1. The zero-order valence-electron chi connectivity index (χ0n) is 14.9. The third kappa shape index (κ3) is 3.01. The van der Waals surface area contributed by atoms with Gasteiger partial charge in [-0.05, 0) is 44.2 Å². The van der Waals surface area contributed by atoms with Crippen molar-refractivity contribution in [2.75, 3.05) is 13.2 Å². The van der Waals surface area contributed by atoms with Crippen molar-refractivity contribution in [2.45, 2.75) is 19.6 Å². The molecule has 2 heterocycles. The maximum atomic E-state index is 12.3. The van der Waals surface area contributed by atoms with E-state index in [4.69, 9.17) is 9.47 Å². The Balaban J connectivity index is 1.42. The summed E-state index contributed by atoms with van der Waals surface area (Å²) < 4.78 is 11.4. The van der Waals surface area contributed by atoms with Crippen molar-refractivity contribution in [1.29, 1.82) is 0 Å². The molecule has 27 heavy (non-hydrogen) atoms. The van der Waals surface area contributed by atoms with Gasteiger partial charge in [0.1, 0.15) is 18.1 Å². The summed E-state index contributed by atoms with van der Waals surface area (Å²) in [4.78, 5) is 38.0. The van der Waals surface area contributed by atoms with Crippen molar-refractivity contribution in [3.63, 3.8) is 0 Å². The Labute approximate surface area is 155 Å². The number of fused-ring (bicyclic) bond motifs is 2. The molecule has 138 valence electrons. The molecule has 0 atom stereocenters. The normalized spacial score (nSPS) is 17.1. The van der Waals surface area contributed by atoms with Crippen LogP contribution in [0.5, 0.6) is 11.5 Å². The van der Waals surface area contributed by atoms with Crippen LogP contribution in [0.2, 0.25) is 0 Å². The second-order valence-electron chi connectivity index (χ2n) is 6.88. The fraction of sp³-hybridized carbons (Fsp3) is 0.250. The van der Waals surface area contributed by atoms with Gasteiger partial charge < -0.3 is 14.8 Å². The van der Waals surface area contributed by atoms with Gasteiger partial charge in [-0.1, -0.05) is 12.1 Å². The van der Waals surface area contributed by atoms with Gasteiger partial charge in [-0.2, -0.15) is 0 Å². The van der Waals surface area contributed by atoms with Crippen molar-refractivity contribution < 1.29 is 23.9 Å². The first-order valence-corrected chi connectivity index (χ1v) is 8.59. The molecule has 0 fully saturated rings. The number of carbonyl (C=O) groups excluding carboxylic acids is 3. The van der Waals surface area contributed by atoms with Crippen molar-refractivity contribution >= 4 is 17.7 Å². The highest BCUT2D eigenvalue weighted by atomic mass is 16.5. The van der Waals surface area contributed by atoms with Crippen LogP contribution >= 0.6 is 0 Å². The maximum Gasteiger partial charge on any atom is 0.261 e. The summed E-state index contributed by atoms with van der Waals surface area (Å²) >= 11 is 0. The molecule has 0 aromatic heterocycles. The maximum absolute atomic E-state index is 12.3. The van der Waals surface area contributed by atoms with Crippen molar-refractivity contribution in [3.05, 3.63) is 59.2 Å². The Morgan fingerprint density at radius 1 is 1.00 bits per heavy atom. The van der Waals surface area contributed by atoms with Gasteiger partial charge in [0, 0.05) is 0 Å². The molecule has 0 spiro atoms. The summed E-state index contributed by atoms with van der Waals surface area (Å²) in [6.07, 6.45) is 0. The van der Waals surface area contributed by atoms with Crippen LogP contribution in [0.4, 0.5) is 0 Å². The molecule has 7 nitrogen and oxygen atoms in total. The fourth-order valence-corrected chi connectivity index (χ4v) is 3.20. The lowest BCUT2D eigenvalue weighted by Gasteiger charge is -2.33. The standard InChI is InChI=1S/C20H18N2O5/c1-20(2)21-17(23)15-11-12(7-8-16(15)27-20)26-10-9-22-18(24)13-5-3-4-6-14(13)19(22)25/h3-8,11H,9-10H2,1-2H3,(H,21,23). The smallest absolute Gasteiger partial charge is 0.261 e. The Hall–Kier alpha value is -3.35. The topological polar surface area (TPSA) is 84.9 Å². The number of benzene rings is 2. The lowest BCUT2D eigenvalue weighted by Crippen LogP contribution is -2.51. The zero-order valence-corrected chi connectivity index (χ0v) is 14.9. The third-order valence-electron chi connectivity index (χ3n) is 4.44. The van der Waals surface area contributed by atoms with Crippen molar-refractivity contribution in [1.82, 2.24) is 10.2 Å². The van der Waals surface area contributed by atoms with Crippen LogP contribution in [-0.4, -0.2) is 41.5 Å². The van der Waals surface area contributed by atoms with Gasteiger partial charge in [0.2, 0.25) is 0 Å². The number of nitrogens with zero attached hydrogens (tertiary/aromatic N) is 1. The van der Waals surface area contributed by atoms with Crippen LogP contribution in [0.15, 0.2) is 42.5 Å². The van der Waals surface area contributed by atoms with Crippen LogP contribution in [0.3, 0.4) is 0 Å². The number of imide groups is 1. The van der Waals surface area contributed by atoms with E-state index in [-0.39, 0.29) is 30.9 Å². The van der Waals surface area contributed by atoms with E-state index in [1.54, 1.807) is 56.3 Å². The molecule has 2 aliphatic rings. The molecule has 7 heteroatoms. The zero-order chi connectivity index (χ0) is 19.2. The van der Waals surface area contributed by atoms with E-state index >= 15 is 0 Å². The predicted molar refractivity (Wildman–Crippen MR) is 95.9 cm³/mol. The summed E-state index contributed by atoms with van der Waals surface area (Å²) in [5, 5.41) is 2.75. The van der Waals surface area contributed by atoms with Crippen LogP contribution in [0.1, 0.15) is 44.9 Å². The minimum Gasteiger partial charge on any atom is -0.492 e. The molecule has 0 radical (unpaired) electrons. The number of hydrogen-bond acceptors (Lipinski definition) is 5. The summed E-state index contributed by atoms with van der Waals surface area (Å²) in [5.41, 5.74) is 0.436. The largest absolute Gasteiger partial charge is 0.492 e. The van der Waals surface area contributed by atoms with E-state index in [1.165, 1.54) is 4.90 Å². The van der Waals surface area contributed by atoms with Gasteiger partial charge in [0.25, 0.3) is 17.7 Å². The second-order valence-corrected chi connectivity index (χ2v) is 6.88. The number of amides is 3. The number of carbonyl (C=O) groups is 3. The van der Waals surface area contributed by atoms with Gasteiger partial charge in [0.15, 0.2) is 5.72 Å². The molecule has 2 aromatic rings. The second kappa shape index (κ2) is 6.12. The van der Waals surface area contributed by atoms with Crippen molar-refractivity contribution in [3.8, 4) is 11.5 Å². The van der Waals surface area contributed by atoms with E-state index in [9.17, 15) is 14.4 Å². The minimum atomic E-state index is -0.766. The van der Waals surface area contributed by atoms with Gasteiger partial charge >= 0.3 is 0 Å². The summed E-state index contributed by atoms with van der Waals surface area (Å²) in [6, 6.07) is 11.7. The molecule has 0 aliphatic carbocycles. The van der Waals surface area contributed by atoms with E-state index in [1.807, 2.05) is 0 Å². The lowest BCUT2D eigenvalue weighted by molar-refractivity contribution is 0.0431. The van der Waals surface area contributed by atoms with Gasteiger partial charge in [-0.25, -0.2) is 0 Å². The summed E-state index contributed by atoms with van der Waals surface area (Å²) in [6.45, 7) is 3.78. The molecule has 3 amide bonds. The molecular weight excluding hydrogens is 348 g/mol.